The summed E-state index contributed by atoms with van der Waals surface area (Å²) >= 11 is 0. The van der Waals surface area contributed by atoms with Gasteiger partial charge in [0.2, 0.25) is 10.0 Å². The van der Waals surface area contributed by atoms with Gasteiger partial charge in [0, 0.05) is 12.6 Å². The minimum atomic E-state index is -3.87. The van der Waals surface area contributed by atoms with Gasteiger partial charge in [-0.1, -0.05) is 36.9 Å². The van der Waals surface area contributed by atoms with Gasteiger partial charge in [-0.2, -0.15) is 0 Å². The molecule has 0 radical (unpaired) electrons. The van der Waals surface area contributed by atoms with E-state index in [1.165, 1.54) is 4.90 Å². The fourth-order valence-electron chi connectivity index (χ4n) is 3.44. The molecule has 166 valence electrons. The number of hydrogen-bond donors (Lipinski definition) is 2. The molecule has 0 bridgehead atoms. The van der Waals surface area contributed by atoms with E-state index in [1.807, 2.05) is 0 Å². The minimum absolute atomic E-state index is 0.165. The summed E-state index contributed by atoms with van der Waals surface area (Å²) in [6, 6.07) is 7.29. The van der Waals surface area contributed by atoms with E-state index in [0.29, 0.717) is 18.4 Å². The van der Waals surface area contributed by atoms with Crippen molar-refractivity contribution in [2.24, 2.45) is 0 Å². The number of benzene rings is 1. The lowest BCUT2D eigenvalue weighted by atomic mass is 10.1. The van der Waals surface area contributed by atoms with E-state index in [2.05, 4.69) is 11.3 Å². The Morgan fingerprint density at radius 1 is 1.23 bits per heavy atom. The lowest BCUT2D eigenvalue weighted by Gasteiger charge is -2.31. The third-order valence-electron chi connectivity index (χ3n) is 4.61. The number of sulfonamides is 1. The second kappa shape index (κ2) is 9.61. The molecule has 1 fully saturated rings. The van der Waals surface area contributed by atoms with Crippen molar-refractivity contribution in [1.82, 2.24) is 9.62 Å². The van der Waals surface area contributed by atoms with Crippen LogP contribution >= 0.6 is 0 Å². The van der Waals surface area contributed by atoms with Gasteiger partial charge >= 0.3 is 5.97 Å². The van der Waals surface area contributed by atoms with Crippen LogP contribution in [0.25, 0.3) is 0 Å². The molecule has 1 aromatic rings. The van der Waals surface area contributed by atoms with Gasteiger partial charge in [-0.05, 0) is 45.6 Å². The molecule has 0 aliphatic carbocycles. The molecule has 1 saturated heterocycles. The average molecular weight is 439 g/mol. The highest BCUT2D eigenvalue weighted by Gasteiger charge is 2.43. The number of rotatable bonds is 8. The molecule has 1 aliphatic rings. The van der Waals surface area contributed by atoms with Crippen molar-refractivity contribution in [1.29, 1.82) is 0 Å². The van der Waals surface area contributed by atoms with Crippen molar-refractivity contribution < 1.29 is 27.9 Å². The topological polar surface area (TPSA) is 113 Å². The number of amides is 1. The Bertz CT molecular complexity index is 877. The molecule has 8 nitrogen and oxygen atoms in total. The quantitative estimate of drug-likeness (QED) is 0.472. The minimum Gasteiger partial charge on any atom is -0.458 e. The number of nitrogens with one attached hydrogen (secondary N) is 1. The van der Waals surface area contributed by atoms with Crippen molar-refractivity contribution >= 4 is 21.9 Å². The zero-order chi connectivity index (χ0) is 22.5. The van der Waals surface area contributed by atoms with E-state index in [-0.39, 0.29) is 24.5 Å². The molecule has 2 rings (SSSR count). The van der Waals surface area contributed by atoms with Crippen LogP contribution in [0.2, 0.25) is 0 Å². The van der Waals surface area contributed by atoms with Crippen LogP contribution in [0.3, 0.4) is 0 Å². The standard InChI is InChI=1S/C21H30N2O6S/c1-15(22-30(27,28)14-16-8-6-5-7-9-16)19(25)23-17(12-13-24)10-11-18(23)20(26)29-21(2,3)4/h5-9,17-18,22,24H,1,10-14H2,2-4H3/t17-,18+/m1/s1. The molecule has 0 unspecified atom stereocenters. The van der Waals surface area contributed by atoms with Crippen LogP contribution in [0, 0.1) is 0 Å². The van der Waals surface area contributed by atoms with Crippen LogP contribution in [0.1, 0.15) is 45.6 Å². The number of aliphatic hydroxyl groups is 1. The third-order valence-corrected chi connectivity index (χ3v) is 5.89. The van der Waals surface area contributed by atoms with Gasteiger partial charge in [-0.15, -0.1) is 0 Å². The van der Waals surface area contributed by atoms with E-state index >= 15 is 0 Å². The van der Waals surface area contributed by atoms with Gasteiger partial charge in [0.25, 0.3) is 5.91 Å². The third kappa shape index (κ3) is 6.56. The highest BCUT2D eigenvalue weighted by atomic mass is 32.2. The first-order valence-corrected chi connectivity index (χ1v) is 11.5. The maximum atomic E-state index is 13.1. The smallest absolute Gasteiger partial charge is 0.329 e. The van der Waals surface area contributed by atoms with E-state index in [1.54, 1.807) is 51.1 Å². The number of hydrogen-bond acceptors (Lipinski definition) is 6. The lowest BCUT2D eigenvalue weighted by Crippen LogP contribution is -2.49. The first-order chi connectivity index (χ1) is 13.9. The van der Waals surface area contributed by atoms with E-state index in [0.717, 1.165) is 0 Å². The summed E-state index contributed by atoms with van der Waals surface area (Å²) < 4.78 is 32.6. The van der Waals surface area contributed by atoms with Gasteiger partial charge in [-0.25, -0.2) is 13.2 Å². The van der Waals surface area contributed by atoms with Gasteiger partial charge in [0.05, 0.1) is 5.75 Å². The Hall–Kier alpha value is -2.39. The summed E-state index contributed by atoms with van der Waals surface area (Å²) in [5.41, 5.74) is -0.504. The second-order valence-electron chi connectivity index (χ2n) is 8.33. The first-order valence-electron chi connectivity index (χ1n) is 9.83. The number of ether oxygens (including phenoxy) is 1. The Labute approximate surface area is 178 Å². The highest BCUT2D eigenvalue weighted by molar-refractivity contribution is 7.88. The van der Waals surface area contributed by atoms with Crippen LogP contribution in [0.15, 0.2) is 42.6 Å². The number of likely N-dealkylation sites (tertiary alicyclic amines) is 1. The maximum Gasteiger partial charge on any atom is 0.329 e. The van der Waals surface area contributed by atoms with Crippen LogP contribution in [0.4, 0.5) is 0 Å². The first kappa shape index (κ1) is 23.9. The number of carbonyl (C=O) groups is 2. The molecule has 1 heterocycles. The number of nitrogens with zero attached hydrogens (tertiary/aromatic N) is 1. The largest absolute Gasteiger partial charge is 0.458 e. The Morgan fingerprint density at radius 2 is 1.87 bits per heavy atom. The molecule has 0 aromatic heterocycles. The maximum absolute atomic E-state index is 13.1. The SMILES string of the molecule is C=C(NS(=O)(=O)Cc1ccccc1)C(=O)N1[C@@H](CCO)CC[C@H]1C(=O)OC(C)(C)C. The van der Waals surface area contributed by atoms with Crippen LogP contribution in [0.5, 0.6) is 0 Å². The van der Waals surface area contributed by atoms with Crippen LogP contribution in [-0.2, 0) is 30.1 Å². The molecular formula is C21H30N2O6S. The van der Waals surface area contributed by atoms with Crippen molar-refractivity contribution in [2.45, 2.75) is 63.5 Å². The van der Waals surface area contributed by atoms with E-state index in [9.17, 15) is 23.1 Å². The summed E-state index contributed by atoms with van der Waals surface area (Å²) in [7, 11) is -3.87. The zero-order valence-corrected chi connectivity index (χ0v) is 18.4. The fourth-order valence-corrected chi connectivity index (χ4v) is 4.61. The van der Waals surface area contributed by atoms with Gasteiger partial charge < -0.3 is 14.7 Å². The predicted octanol–water partition coefficient (Wildman–Crippen LogP) is 1.70. The van der Waals surface area contributed by atoms with Gasteiger partial charge in [0.1, 0.15) is 17.3 Å². The molecule has 0 saturated carbocycles. The number of esters is 1. The summed E-state index contributed by atoms with van der Waals surface area (Å²) in [6.07, 6.45) is 1.14. The van der Waals surface area contributed by atoms with Gasteiger partial charge in [0.15, 0.2) is 0 Å². The zero-order valence-electron chi connectivity index (χ0n) is 17.6. The molecule has 1 amide bonds. The van der Waals surface area contributed by atoms with E-state index in [4.69, 9.17) is 4.74 Å². The summed E-state index contributed by atoms with van der Waals surface area (Å²) in [4.78, 5) is 27.0. The van der Waals surface area contributed by atoms with Crippen molar-refractivity contribution in [3.63, 3.8) is 0 Å². The molecule has 2 N–H and O–H groups in total. The Kier molecular flexibility index (Phi) is 7.65. The lowest BCUT2D eigenvalue weighted by molar-refractivity contribution is -0.163. The molecule has 2 atom stereocenters. The molecular weight excluding hydrogens is 408 g/mol. The molecule has 1 aromatic carbocycles. The van der Waals surface area contributed by atoms with Crippen molar-refractivity contribution in [3.8, 4) is 0 Å². The molecule has 0 spiro atoms. The fraction of sp³-hybridized carbons (Fsp3) is 0.524. The average Bonchev–Trinajstić information content (AvgIpc) is 3.03. The Balaban J connectivity index is 2.16. The second-order valence-corrected chi connectivity index (χ2v) is 10.1. The van der Waals surface area contributed by atoms with E-state index < -0.39 is 39.6 Å². The number of carbonyl (C=O) groups excluding carboxylic acids is 2. The van der Waals surface area contributed by atoms with Crippen molar-refractivity contribution in [3.05, 3.63) is 48.2 Å². The summed E-state index contributed by atoms with van der Waals surface area (Å²) in [5, 5.41) is 9.34. The van der Waals surface area contributed by atoms with Crippen molar-refractivity contribution in [2.75, 3.05) is 6.61 Å². The molecule has 30 heavy (non-hydrogen) atoms. The molecule has 9 heteroatoms. The highest BCUT2D eigenvalue weighted by Crippen LogP contribution is 2.29. The number of aliphatic hydroxyl groups excluding tert-OH is 1. The van der Waals surface area contributed by atoms with Crippen LogP contribution < -0.4 is 4.72 Å². The normalized spacial score (nSPS) is 19.4. The summed E-state index contributed by atoms with van der Waals surface area (Å²) in [5.74, 6) is -1.56. The monoisotopic (exact) mass is 438 g/mol. The Morgan fingerprint density at radius 3 is 2.43 bits per heavy atom. The predicted molar refractivity (Wildman–Crippen MR) is 113 cm³/mol. The molecule has 1 aliphatic heterocycles. The van der Waals surface area contributed by atoms with Gasteiger partial charge in [-0.3, -0.25) is 9.52 Å². The summed E-state index contributed by atoms with van der Waals surface area (Å²) in [6.45, 7) is 8.62. The van der Waals surface area contributed by atoms with Crippen LogP contribution in [-0.4, -0.2) is 54.6 Å².